The van der Waals surface area contributed by atoms with Gasteiger partial charge in [0.25, 0.3) is 0 Å². The Bertz CT molecular complexity index is 410. The first-order valence-electron chi connectivity index (χ1n) is 7.63. The third kappa shape index (κ3) is 3.96. The minimum atomic E-state index is 0.649. The zero-order chi connectivity index (χ0) is 13.8. The van der Waals surface area contributed by atoms with Crippen molar-refractivity contribution in [3.8, 4) is 0 Å². The zero-order valence-electron chi connectivity index (χ0n) is 12.4. The lowest BCUT2D eigenvalue weighted by Gasteiger charge is -2.13. The Morgan fingerprint density at radius 2 is 2.16 bits per heavy atom. The van der Waals surface area contributed by atoms with E-state index in [0.717, 1.165) is 42.7 Å². The molecule has 0 amide bonds. The summed E-state index contributed by atoms with van der Waals surface area (Å²) in [5, 5.41) is 9.06. The molecule has 0 bridgehead atoms. The lowest BCUT2D eigenvalue weighted by Crippen LogP contribution is -2.20. The fourth-order valence-electron chi connectivity index (χ4n) is 2.47. The van der Waals surface area contributed by atoms with E-state index in [0.29, 0.717) is 5.92 Å². The molecule has 0 radical (unpaired) electrons. The molecule has 1 aromatic rings. The van der Waals surface area contributed by atoms with Crippen LogP contribution in [0, 0.1) is 5.92 Å². The van der Waals surface area contributed by atoms with Gasteiger partial charge in [-0.15, -0.1) is 0 Å². The highest BCUT2D eigenvalue weighted by atomic mass is 35.5. The number of nitrogens with one attached hydrogen (secondary N) is 1. The first-order chi connectivity index (χ1) is 9.15. The maximum Gasteiger partial charge on any atom is 0.0849 e. The van der Waals surface area contributed by atoms with E-state index in [1.807, 2.05) is 0 Å². The number of hydrogen-bond acceptors (Lipinski definition) is 2. The molecule has 0 saturated heterocycles. The van der Waals surface area contributed by atoms with Crippen LogP contribution < -0.4 is 5.32 Å². The predicted octanol–water partition coefficient (Wildman–Crippen LogP) is 3.44. The molecule has 1 aromatic heterocycles. The summed E-state index contributed by atoms with van der Waals surface area (Å²) in [5.41, 5.74) is 2.27. The number of hydrogen-bond donors (Lipinski definition) is 1. The Labute approximate surface area is 121 Å². The lowest BCUT2D eigenvalue weighted by atomic mass is 10.0. The van der Waals surface area contributed by atoms with Crippen molar-refractivity contribution < 1.29 is 0 Å². The average molecular weight is 284 g/mol. The van der Waals surface area contributed by atoms with Crippen LogP contribution in [-0.4, -0.2) is 22.4 Å². The smallest absolute Gasteiger partial charge is 0.0849 e. The Morgan fingerprint density at radius 3 is 2.74 bits per heavy atom. The Kier molecular flexibility index (Phi) is 5.28. The molecule has 3 nitrogen and oxygen atoms in total. The van der Waals surface area contributed by atoms with Gasteiger partial charge in [-0.05, 0) is 51.5 Å². The number of aromatic nitrogens is 2. The highest BCUT2D eigenvalue weighted by Gasteiger charge is 2.21. The molecular formula is C15H26ClN3. The Hall–Kier alpha value is -0.540. The van der Waals surface area contributed by atoms with Gasteiger partial charge in [0.15, 0.2) is 0 Å². The van der Waals surface area contributed by atoms with Gasteiger partial charge in [-0.2, -0.15) is 5.10 Å². The Balaban J connectivity index is 1.90. The quantitative estimate of drug-likeness (QED) is 0.792. The Morgan fingerprint density at radius 1 is 1.42 bits per heavy atom. The first-order valence-corrected chi connectivity index (χ1v) is 8.00. The molecule has 1 fully saturated rings. The van der Waals surface area contributed by atoms with Gasteiger partial charge in [-0.25, -0.2) is 0 Å². The molecular weight excluding hydrogens is 258 g/mol. The van der Waals surface area contributed by atoms with E-state index >= 15 is 0 Å². The molecule has 1 aliphatic rings. The van der Waals surface area contributed by atoms with E-state index in [1.165, 1.54) is 25.0 Å². The zero-order valence-corrected chi connectivity index (χ0v) is 13.1. The molecule has 2 rings (SSSR count). The molecule has 1 unspecified atom stereocenters. The number of halogens is 1. The van der Waals surface area contributed by atoms with Crippen LogP contribution >= 0.6 is 11.6 Å². The maximum absolute atomic E-state index is 6.45. The minimum absolute atomic E-state index is 0.649. The van der Waals surface area contributed by atoms with Crippen LogP contribution in [0.5, 0.6) is 0 Å². The SMILES string of the molecule is CCc1nn(CC)c(CC(C)CCNC2CC2)c1Cl. The van der Waals surface area contributed by atoms with E-state index in [9.17, 15) is 0 Å². The number of aryl methyl sites for hydroxylation is 2. The van der Waals surface area contributed by atoms with Crippen LogP contribution in [0.3, 0.4) is 0 Å². The van der Waals surface area contributed by atoms with Crippen molar-refractivity contribution in [3.63, 3.8) is 0 Å². The summed E-state index contributed by atoms with van der Waals surface area (Å²) in [6, 6.07) is 0.809. The van der Waals surface area contributed by atoms with Crippen LogP contribution in [0.1, 0.15) is 51.4 Å². The monoisotopic (exact) mass is 283 g/mol. The van der Waals surface area contributed by atoms with Crippen LogP contribution in [-0.2, 0) is 19.4 Å². The van der Waals surface area contributed by atoms with Gasteiger partial charge in [-0.3, -0.25) is 4.68 Å². The van der Waals surface area contributed by atoms with Crippen molar-refractivity contribution in [2.24, 2.45) is 5.92 Å². The van der Waals surface area contributed by atoms with Crippen LogP contribution in [0.15, 0.2) is 0 Å². The normalized spacial score (nSPS) is 16.8. The first kappa shape index (κ1) is 14.9. The van der Waals surface area contributed by atoms with Crippen molar-refractivity contribution in [2.45, 2.75) is 65.5 Å². The molecule has 4 heteroatoms. The van der Waals surface area contributed by atoms with Crippen LogP contribution in [0.2, 0.25) is 5.02 Å². The van der Waals surface area contributed by atoms with Gasteiger partial charge in [-0.1, -0.05) is 25.4 Å². The second-order valence-electron chi connectivity index (χ2n) is 5.70. The van der Waals surface area contributed by atoms with Gasteiger partial charge in [0, 0.05) is 12.6 Å². The minimum Gasteiger partial charge on any atom is -0.314 e. The average Bonchev–Trinajstić information content (AvgIpc) is 3.17. The lowest BCUT2D eigenvalue weighted by molar-refractivity contribution is 0.476. The largest absolute Gasteiger partial charge is 0.314 e. The molecule has 0 aliphatic heterocycles. The van der Waals surface area contributed by atoms with Gasteiger partial charge < -0.3 is 5.32 Å². The standard InChI is InChI=1S/C15H26ClN3/c1-4-13-15(16)14(19(5-2)18-13)10-11(3)8-9-17-12-6-7-12/h11-12,17H,4-10H2,1-3H3. The highest BCUT2D eigenvalue weighted by Crippen LogP contribution is 2.25. The summed E-state index contributed by atoms with van der Waals surface area (Å²) >= 11 is 6.45. The number of nitrogens with zero attached hydrogens (tertiary/aromatic N) is 2. The van der Waals surface area contributed by atoms with E-state index in [1.54, 1.807) is 0 Å². The molecule has 108 valence electrons. The van der Waals surface area contributed by atoms with Gasteiger partial charge in [0.2, 0.25) is 0 Å². The molecule has 1 aliphatic carbocycles. The summed E-state index contributed by atoms with van der Waals surface area (Å²) in [5.74, 6) is 0.649. The van der Waals surface area contributed by atoms with Crippen molar-refractivity contribution in [2.75, 3.05) is 6.54 Å². The second kappa shape index (κ2) is 6.76. The highest BCUT2D eigenvalue weighted by molar-refractivity contribution is 6.31. The molecule has 1 saturated carbocycles. The van der Waals surface area contributed by atoms with Gasteiger partial charge in [0.05, 0.1) is 16.4 Å². The summed E-state index contributed by atoms with van der Waals surface area (Å²) in [7, 11) is 0. The second-order valence-corrected chi connectivity index (χ2v) is 6.08. The molecule has 0 spiro atoms. The molecule has 1 heterocycles. The van der Waals surface area contributed by atoms with Crippen molar-refractivity contribution in [1.29, 1.82) is 0 Å². The fourth-order valence-corrected chi connectivity index (χ4v) is 2.81. The summed E-state index contributed by atoms with van der Waals surface area (Å²) < 4.78 is 2.08. The van der Waals surface area contributed by atoms with E-state index in [-0.39, 0.29) is 0 Å². The van der Waals surface area contributed by atoms with Crippen LogP contribution in [0.25, 0.3) is 0 Å². The molecule has 1 N–H and O–H groups in total. The van der Waals surface area contributed by atoms with Crippen molar-refractivity contribution in [1.82, 2.24) is 15.1 Å². The fraction of sp³-hybridized carbons (Fsp3) is 0.800. The third-order valence-corrected chi connectivity index (χ3v) is 4.32. The topological polar surface area (TPSA) is 29.9 Å². The van der Waals surface area contributed by atoms with E-state index < -0.39 is 0 Å². The summed E-state index contributed by atoms with van der Waals surface area (Å²) in [6.45, 7) is 8.59. The molecule has 0 aromatic carbocycles. The summed E-state index contributed by atoms with van der Waals surface area (Å²) in [6.07, 6.45) is 5.89. The summed E-state index contributed by atoms with van der Waals surface area (Å²) in [4.78, 5) is 0. The van der Waals surface area contributed by atoms with E-state index in [4.69, 9.17) is 11.6 Å². The van der Waals surface area contributed by atoms with Crippen LogP contribution in [0.4, 0.5) is 0 Å². The van der Waals surface area contributed by atoms with Gasteiger partial charge in [0.1, 0.15) is 0 Å². The van der Waals surface area contributed by atoms with Crippen molar-refractivity contribution in [3.05, 3.63) is 16.4 Å². The maximum atomic E-state index is 6.45. The predicted molar refractivity (Wildman–Crippen MR) is 80.8 cm³/mol. The molecule has 1 atom stereocenters. The molecule has 19 heavy (non-hydrogen) atoms. The third-order valence-electron chi connectivity index (χ3n) is 3.88. The number of rotatable bonds is 8. The van der Waals surface area contributed by atoms with Crippen molar-refractivity contribution >= 4 is 11.6 Å². The van der Waals surface area contributed by atoms with Gasteiger partial charge >= 0.3 is 0 Å². The van der Waals surface area contributed by atoms with E-state index in [2.05, 4.69) is 35.9 Å².